The standard InChI is InChI=1S/C11H19N3O3S2.C3H3NS/c1-10(2)7-3-4-11(10,6-19(15,16)17)8(5-7)13-14-9(12)18;1-2-5-3-4-1/h7H,3-6H2,1-2H3,(H3,12,14,18)(H,15,16,17);1-3H. The minimum Gasteiger partial charge on any atom is -0.375 e. The molecular formula is C14H22N4O3S3. The molecule has 0 aliphatic heterocycles. The molecule has 0 radical (unpaired) electrons. The van der Waals surface area contributed by atoms with Gasteiger partial charge in [0.25, 0.3) is 10.1 Å². The molecule has 3 rings (SSSR count). The molecule has 4 N–H and O–H groups in total. The van der Waals surface area contributed by atoms with Crippen molar-refractivity contribution >= 4 is 44.5 Å². The lowest BCUT2D eigenvalue weighted by Crippen LogP contribution is -2.43. The maximum atomic E-state index is 11.4. The van der Waals surface area contributed by atoms with Crippen LogP contribution in [-0.2, 0) is 10.1 Å². The van der Waals surface area contributed by atoms with Gasteiger partial charge in [0.1, 0.15) is 0 Å². The van der Waals surface area contributed by atoms with E-state index in [-0.39, 0.29) is 16.3 Å². The van der Waals surface area contributed by atoms with Crippen molar-refractivity contribution < 1.29 is 13.0 Å². The number of hydrazone groups is 1. The first-order valence-corrected chi connectivity index (χ1v) is 10.4. The molecule has 0 aromatic carbocycles. The molecule has 10 heteroatoms. The Morgan fingerprint density at radius 1 is 1.62 bits per heavy atom. The minimum atomic E-state index is -4.07. The second kappa shape index (κ2) is 7.03. The molecule has 2 aliphatic rings. The fraction of sp³-hybridized carbons (Fsp3) is 0.643. The van der Waals surface area contributed by atoms with Crippen LogP contribution in [0.5, 0.6) is 0 Å². The summed E-state index contributed by atoms with van der Waals surface area (Å²) >= 11 is 6.31. The molecule has 1 aromatic heterocycles. The number of aromatic nitrogens is 1. The van der Waals surface area contributed by atoms with E-state index in [0.717, 1.165) is 18.6 Å². The average Bonchev–Trinajstić information content (AvgIpc) is 3.12. The van der Waals surface area contributed by atoms with Crippen LogP contribution in [0.2, 0.25) is 0 Å². The highest BCUT2D eigenvalue weighted by Crippen LogP contribution is 2.64. The fourth-order valence-corrected chi connectivity index (χ4v) is 5.60. The summed E-state index contributed by atoms with van der Waals surface area (Å²) in [7, 11) is -4.07. The Morgan fingerprint density at radius 2 is 2.33 bits per heavy atom. The molecule has 1 heterocycles. The number of rotatable bonds is 3. The molecule has 0 spiro atoms. The van der Waals surface area contributed by atoms with Crippen molar-refractivity contribution in [1.29, 1.82) is 0 Å². The normalized spacial score (nSPS) is 29.1. The van der Waals surface area contributed by atoms with Crippen LogP contribution < -0.4 is 11.2 Å². The third-order valence-electron chi connectivity index (χ3n) is 5.24. The molecule has 2 unspecified atom stereocenters. The molecule has 2 aliphatic carbocycles. The van der Waals surface area contributed by atoms with E-state index in [2.05, 4.69) is 15.5 Å². The van der Waals surface area contributed by atoms with Gasteiger partial charge >= 0.3 is 0 Å². The molecule has 24 heavy (non-hydrogen) atoms. The van der Waals surface area contributed by atoms with Gasteiger partial charge in [-0.3, -0.25) is 15.0 Å². The van der Waals surface area contributed by atoms with Crippen molar-refractivity contribution in [2.75, 3.05) is 5.75 Å². The van der Waals surface area contributed by atoms with Gasteiger partial charge in [0.05, 0.1) is 11.3 Å². The predicted molar refractivity (Wildman–Crippen MR) is 99.4 cm³/mol. The van der Waals surface area contributed by atoms with Gasteiger partial charge in [-0.15, -0.1) is 11.3 Å². The summed E-state index contributed by atoms with van der Waals surface area (Å²) < 4.78 is 32.0. The summed E-state index contributed by atoms with van der Waals surface area (Å²) in [5.41, 5.74) is 9.60. The van der Waals surface area contributed by atoms with Gasteiger partial charge in [0, 0.05) is 22.7 Å². The topological polar surface area (TPSA) is 118 Å². The Labute approximate surface area is 151 Å². The van der Waals surface area contributed by atoms with Crippen LogP contribution in [0.4, 0.5) is 0 Å². The maximum absolute atomic E-state index is 11.4. The molecule has 0 saturated heterocycles. The van der Waals surface area contributed by atoms with Gasteiger partial charge in [-0.1, -0.05) is 13.8 Å². The number of thiazole rings is 1. The number of nitrogens with zero attached hydrogens (tertiary/aromatic N) is 2. The van der Waals surface area contributed by atoms with E-state index < -0.39 is 15.5 Å². The third kappa shape index (κ3) is 3.93. The highest BCUT2D eigenvalue weighted by Gasteiger charge is 2.64. The Balaban J connectivity index is 0.000000355. The molecule has 2 bridgehead atoms. The number of nitrogens with two attached hydrogens (primary N) is 1. The summed E-state index contributed by atoms with van der Waals surface area (Å²) in [4.78, 5) is 3.74. The van der Waals surface area contributed by atoms with E-state index in [9.17, 15) is 13.0 Å². The largest absolute Gasteiger partial charge is 0.375 e. The average molecular weight is 391 g/mol. The predicted octanol–water partition coefficient (Wildman–Crippen LogP) is 2.03. The fourth-order valence-electron chi connectivity index (χ4n) is 3.90. The monoisotopic (exact) mass is 390 g/mol. The number of nitrogens with one attached hydrogen (secondary N) is 1. The molecule has 7 nitrogen and oxygen atoms in total. The minimum absolute atomic E-state index is 0.0510. The zero-order valence-electron chi connectivity index (χ0n) is 13.6. The molecule has 2 atom stereocenters. The first-order chi connectivity index (χ1) is 11.1. The highest BCUT2D eigenvalue weighted by atomic mass is 32.2. The zero-order valence-corrected chi connectivity index (χ0v) is 16.0. The van der Waals surface area contributed by atoms with Crippen LogP contribution in [-0.4, -0.2) is 34.5 Å². The maximum Gasteiger partial charge on any atom is 0.265 e. The van der Waals surface area contributed by atoms with E-state index >= 15 is 0 Å². The Bertz CT molecular complexity index is 698. The lowest BCUT2D eigenvalue weighted by Gasteiger charge is -2.37. The van der Waals surface area contributed by atoms with Gasteiger partial charge in [0.2, 0.25) is 0 Å². The van der Waals surface area contributed by atoms with Crippen LogP contribution >= 0.6 is 23.6 Å². The SMILES string of the molecule is CC1(C)C2CCC1(CS(=O)(=O)O)C(=NNC(N)=S)C2.c1cscn1. The van der Waals surface area contributed by atoms with Gasteiger partial charge < -0.3 is 5.73 Å². The quantitative estimate of drug-likeness (QED) is 0.410. The van der Waals surface area contributed by atoms with Crippen molar-refractivity contribution in [2.45, 2.75) is 33.1 Å². The van der Waals surface area contributed by atoms with E-state index in [1.807, 2.05) is 19.2 Å². The lowest BCUT2D eigenvalue weighted by molar-refractivity contribution is 0.193. The third-order valence-corrected chi connectivity index (χ3v) is 6.71. The van der Waals surface area contributed by atoms with Crippen LogP contribution in [0.1, 0.15) is 33.1 Å². The van der Waals surface area contributed by atoms with Crippen LogP contribution in [0.15, 0.2) is 22.2 Å². The smallest absolute Gasteiger partial charge is 0.265 e. The first-order valence-electron chi connectivity index (χ1n) is 7.48. The molecule has 1 aromatic rings. The van der Waals surface area contributed by atoms with Crippen molar-refractivity contribution in [3.05, 3.63) is 17.1 Å². The number of thiocarbonyl (C=S) groups is 1. The van der Waals surface area contributed by atoms with Gasteiger partial charge in [-0.25, -0.2) is 0 Å². The van der Waals surface area contributed by atoms with Crippen LogP contribution in [0, 0.1) is 16.7 Å². The number of hydrogen-bond donors (Lipinski definition) is 3. The highest BCUT2D eigenvalue weighted by molar-refractivity contribution is 7.85. The first kappa shape index (κ1) is 19.2. The molecule has 134 valence electrons. The molecule has 2 fully saturated rings. The molecular weight excluding hydrogens is 368 g/mol. The lowest BCUT2D eigenvalue weighted by atomic mass is 9.70. The van der Waals surface area contributed by atoms with E-state index in [1.165, 1.54) is 0 Å². The van der Waals surface area contributed by atoms with Crippen molar-refractivity contribution in [3.8, 4) is 0 Å². The second-order valence-electron chi connectivity index (χ2n) is 6.68. The van der Waals surface area contributed by atoms with E-state index in [1.54, 1.807) is 23.0 Å². The van der Waals surface area contributed by atoms with E-state index in [0.29, 0.717) is 12.3 Å². The van der Waals surface area contributed by atoms with Crippen LogP contribution in [0.25, 0.3) is 0 Å². The summed E-state index contributed by atoms with van der Waals surface area (Å²) in [6, 6.07) is 0. The molecule has 2 saturated carbocycles. The summed E-state index contributed by atoms with van der Waals surface area (Å²) in [6.07, 6.45) is 4.15. The van der Waals surface area contributed by atoms with E-state index in [4.69, 9.17) is 18.0 Å². The van der Waals surface area contributed by atoms with Crippen molar-refractivity contribution in [1.82, 2.24) is 10.4 Å². The van der Waals surface area contributed by atoms with Crippen LogP contribution in [0.3, 0.4) is 0 Å². The summed E-state index contributed by atoms with van der Waals surface area (Å²) in [5, 5.41) is 6.16. The number of fused-ring (bicyclic) bond motifs is 2. The Kier molecular flexibility index (Phi) is 5.63. The van der Waals surface area contributed by atoms with Crippen molar-refractivity contribution in [2.24, 2.45) is 27.6 Å². The van der Waals surface area contributed by atoms with Gasteiger partial charge in [-0.2, -0.15) is 13.5 Å². The van der Waals surface area contributed by atoms with Gasteiger partial charge in [0.15, 0.2) is 5.11 Å². The summed E-state index contributed by atoms with van der Waals surface area (Å²) in [5.74, 6) is 0.0857. The van der Waals surface area contributed by atoms with Gasteiger partial charge in [-0.05, 0) is 42.8 Å². The zero-order chi connectivity index (χ0) is 18.0. The van der Waals surface area contributed by atoms with Crippen molar-refractivity contribution in [3.63, 3.8) is 0 Å². The number of hydrogen-bond acceptors (Lipinski definition) is 6. The Morgan fingerprint density at radius 3 is 2.75 bits per heavy atom. The Hall–Kier alpha value is -1.10. The second-order valence-corrected chi connectivity index (χ2v) is 9.33. The summed E-state index contributed by atoms with van der Waals surface area (Å²) in [6.45, 7) is 4.08. The molecule has 0 amide bonds.